The van der Waals surface area contributed by atoms with Gasteiger partial charge in [0.15, 0.2) is 9.35 Å². The quantitative estimate of drug-likeness (QED) is 0.570. The Kier molecular flexibility index (Phi) is 6.16. The molecule has 0 bridgehead atoms. The molecule has 0 spiro atoms. The van der Waals surface area contributed by atoms with Gasteiger partial charge in [-0.1, -0.05) is 35.2 Å². The van der Waals surface area contributed by atoms with Gasteiger partial charge in [-0.15, -0.1) is 14.6 Å². The molecule has 2 aromatic rings. The first-order chi connectivity index (χ1) is 10.6. The number of allylic oxidation sites excluding steroid dienone is 1. The zero-order chi connectivity index (χ0) is 15.9. The van der Waals surface area contributed by atoms with Crippen molar-refractivity contribution in [1.82, 2.24) is 10.2 Å². The van der Waals surface area contributed by atoms with E-state index in [1.165, 1.54) is 23.1 Å². The van der Waals surface area contributed by atoms with E-state index in [4.69, 9.17) is 0 Å². The van der Waals surface area contributed by atoms with E-state index in [0.717, 1.165) is 6.08 Å². The van der Waals surface area contributed by atoms with Crippen LogP contribution in [0, 0.1) is 0 Å². The van der Waals surface area contributed by atoms with Gasteiger partial charge >= 0.3 is 10.5 Å². The second kappa shape index (κ2) is 8.11. The summed E-state index contributed by atoms with van der Waals surface area (Å²) in [5, 5.41) is 8.48. The molecule has 1 aromatic heterocycles. The van der Waals surface area contributed by atoms with E-state index >= 15 is 0 Å². The third-order valence-corrected chi connectivity index (χ3v) is 4.82. The van der Waals surface area contributed by atoms with Gasteiger partial charge in [0.05, 0.1) is 5.69 Å². The number of aromatic nitrogens is 2. The molecule has 0 amide bonds. The Morgan fingerprint density at radius 3 is 2.82 bits per heavy atom. The van der Waals surface area contributed by atoms with Gasteiger partial charge in [-0.2, -0.15) is 17.2 Å². The minimum atomic E-state index is -2.56. The number of thioether (sulfide) groups is 1. The van der Waals surface area contributed by atoms with Crippen LogP contribution in [0.25, 0.3) is 10.6 Å². The lowest BCUT2D eigenvalue weighted by molar-refractivity contribution is 0.418. The molecule has 116 valence electrons. The van der Waals surface area contributed by atoms with Gasteiger partial charge in [-0.05, 0) is 24.6 Å². The molecule has 10 heteroatoms. The Bertz CT molecular complexity index is 807. The van der Waals surface area contributed by atoms with E-state index in [9.17, 15) is 17.2 Å². The number of hydrogen-bond donors (Lipinski definition) is 0. The van der Waals surface area contributed by atoms with Crippen LogP contribution >= 0.6 is 23.1 Å². The molecule has 2 rings (SSSR count). The summed E-state index contributed by atoms with van der Waals surface area (Å²) >= 11 is 2.57. The highest BCUT2D eigenvalue weighted by Gasteiger charge is 2.11. The van der Waals surface area contributed by atoms with Crippen molar-refractivity contribution in [2.45, 2.75) is 10.8 Å². The summed E-state index contributed by atoms with van der Waals surface area (Å²) < 4.78 is 49.4. The highest BCUT2D eigenvalue weighted by atomic mass is 32.2. The summed E-state index contributed by atoms with van der Waals surface area (Å²) in [5.41, 5.74) is 0.844. The summed E-state index contributed by atoms with van der Waals surface area (Å²) in [7, 11) is -2.56. The van der Waals surface area contributed by atoms with E-state index in [-0.39, 0.29) is 12.1 Å². The number of rotatable bonds is 6. The first-order valence-electron chi connectivity index (χ1n) is 5.94. The Labute approximate surface area is 134 Å². The average molecular weight is 361 g/mol. The molecule has 1 aromatic carbocycles. The van der Waals surface area contributed by atoms with Crippen molar-refractivity contribution < 1.29 is 17.2 Å². The molecule has 0 N–H and O–H groups in total. The van der Waals surface area contributed by atoms with Crippen LogP contribution in [0.3, 0.4) is 0 Å². The van der Waals surface area contributed by atoms with Crippen LogP contribution in [-0.4, -0.2) is 24.4 Å². The van der Waals surface area contributed by atoms with Crippen molar-refractivity contribution in [3.05, 3.63) is 36.4 Å². The van der Waals surface area contributed by atoms with Gasteiger partial charge in [-0.3, -0.25) is 0 Å². The Morgan fingerprint density at radius 1 is 1.32 bits per heavy atom. The second-order valence-electron chi connectivity index (χ2n) is 3.83. The fraction of sp³-hybridized carbons (Fsp3) is 0.167. The molecule has 0 saturated heterocycles. The van der Waals surface area contributed by atoms with Crippen molar-refractivity contribution in [3.8, 4) is 10.6 Å². The Morgan fingerprint density at radius 2 is 2.09 bits per heavy atom. The van der Waals surface area contributed by atoms with Gasteiger partial charge in [0.25, 0.3) is 6.08 Å². The molecule has 0 atom stereocenters. The van der Waals surface area contributed by atoms with Crippen LogP contribution in [0.2, 0.25) is 0 Å². The fourth-order valence-corrected chi connectivity index (χ4v) is 3.67. The SMILES string of the molecule is O=S(=O)=Nc1ccccc1-c1nnc(SCCC=C(F)F)s1. The van der Waals surface area contributed by atoms with E-state index in [1.807, 2.05) is 0 Å². The van der Waals surface area contributed by atoms with Crippen molar-refractivity contribution >= 4 is 39.3 Å². The minimum absolute atomic E-state index is 0.239. The molecular formula is C12H9F2N3O2S3. The first kappa shape index (κ1) is 16.7. The van der Waals surface area contributed by atoms with Gasteiger partial charge in [0.2, 0.25) is 0 Å². The summed E-state index contributed by atoms with van der Waals surface area (Å²) in [4.78, 5) is 0. The average Bonchev–Trinajstić information content (AvgIpc) is 2.92. The van der Waals surface area contributed by atoms with E-state index < -0.39 is 16.6 Å². The van der Waals surface area contributed by atoms with Crippen LogP contribution in [-0.2, 0) is 10.5 Å². The molecule has 0 unspecified atom stereocenters. The molecule has 0 saturated carbocycles. The van der Waals surface area contributed by atoms with Crippen LogP contribution in [0.5, 0.6) is 0 Å². The van der Waals surface area contributed by atoms with Crippen molar-refractivity contribution in [1.29, 1.82) is 0 Å². The molecule has 0 aliphatic heterocycles. The van der Waals surface area contributed by atoms with Crippen LogP contribution < -0.4 is 0 Å². The van der Waals surface area contributed by atoms with Crippen molar-refractivity contribution in [2.24, 2.45) is 4.36 Å². The largest absolute Gasteiger partial charge is 0.316 e. The number of nitrogens with zero attached hydrogens (tertiary/aromatic N) is 3. The zero-order valence-electron chi connectivity index (χ0n) is 10.9. The third-order valence-electron chi connectivity index (χ3n) is 2.36. The van der Waals surface area contributed by atoms with Gasteiger partial charge < -0.3 is 0 Å². The van der Waals surface area contributed by atoms with E-state index in [0.29, 0.717) is 20.7 Å². The number of halogens is 2. The maximum Gasteiger partial charge on any atom is 0.316 e. The lowest BCUT2D eigenvalue weighted by Crippen LogP contribution is -1.78. The molecule has 0 fully saturated rings. The van der Waals surface area contributed by atoms with Crippen molar-refractivity contribution in [2.75, 3.05) is 5.75 Å². The highest BCUT2D eigenvalue weighted by molar-refractivity contribution is 8.01. The van der Waals surface area contributed by atoms with E-state index in [1.54, 1.807) is 24.3 Å². The van der Waals surface area contributed by atoms with Crippen molar-refractivity contribution in [3.63, 3.8) is 0 Å². The van der Waals surface area contributed by atoms with Gasteiger partial charge in [0.1, 0.15) is 0 Å². The summed E-state index contributed by atoms with van der Waals surface area (Å²) in [6, 6.07) is 6.67. The predicted molar refractivity (Wildman–Crippen MR) is 82.0 cm³/mol. The third kappa shape index (κ3) is 4.97. The topological polar surface area (TPSA) is 72.3 Å². The monoisotopic (exact) mass is 361 g/mol. The first-order valence-corrected chi connectivity index (χ1v) is 8.77. The summed E-state index contributed by atoms with van der Waals surface area (Å²) in [6.45, 7) is 0. The maximum atomic E-state index is 11.9. The molecule has 1 heterocycles. The van der Waals surface area contributed by atoms with Crippen LogP contribution in [0.1, 0.15) is 6.42 Å². The molecule has 22 heavy (non-hydrogen) atoms. The smallest absolute Gasteiger partial charge is 0.174 e. The molecule has 0 radical (unpaired) electrons. The Hall–Kier alpha value is -1.65. The standard InChI is InChI=1S/C12H9F2N3O2S3/c13-10(14)6-3-7-20-12-16-15-11(21-12)8-4-1-2-5-9(8)17-22(18)19/h1-2,4-6H,3,7H2. The lowest BCUT2D eigenvalue weighted by Gasteiger charge is -1.97. The maximum absolute atomic E-state index is 11.9. The number of benzene rings is 1. The zero-order valence-corrected chi connectivity index (χ0v) is 13.4. The molecular weight excluding hydrogens is 352 g/mol. The van der Waals surface area contributed by atoms with E-state index in [2.05, 4.69) is 14.6 Å². The van der Waals surface area contributed by atoms with Crippen LogP contribution in [0.15, 0.2) is 45.1 Å². The fourth-order valence-electron chi connectivity index (χ4n) is 1.51. The molecule has 0 aliphatic rings. The summed E-state index contributed by atoms with van der Waals surface area (Å²) in [5.74, 6) is 0.461. The normalized spacial score (nSPS) is 10.3. The molecule has 0 aliphatic carbocycles. The lowest BCUT2D eigenvalue weighted by atomic mass is 10.2. The Balaban J connectivity index is 2.15. The number of hydrogen-bond acceptors (Lipinski definition) is 7. The predicted octanol–water partition coefficient (Wildman–Crippen LogP) is 4.16. The summed E-state index contributed by atoms with van der Waals surface area (Å²) in [6.07, 6.45) is -0.602. The van der Waals surface area contributed by atoms with Gasteiger partial charge in [-0.25, -0.2) is 0 Å². The molecule has 5 nitrogen and oxygen atoms in total. The van der Waals surface area contributed by atoms with Gasteiger partial charge in [0, 0.05) is 11.3 Å². The highest BCUT2D eigenvalue weighted by Crippen LogP contribution is 2.35. The second-order valence-corrected chi connectivity index (χ2v) is 6.77. The van der Waals surface area contributed by atoms with Crippen LogP contribution in [0.4, 0.5) is 14.5 Å². The minimum Gasteiger partial charge on any atom is -0.174 e.